The largest absolute Gasteiger partial charge is 0.346 e. The first kappa shape index (κ1) is 18.4. The van der Waals surface area contributed by atoms with E-state index in [1.54, 1.807) is 0 Å². The first-order valence-corrected chi connectivity index (χ1v) is 12.0. The molecule has 0 aromatic rings. The van der Waals surface area contributed by atoms with Crippen LogP contribution in [0.2, 0.25) is 0 Å². The van der Waals surface area contributed by atoms with E-state index in [0.29, 0.717) is 5.41 Å². The van der Waals surface area contributed by atoms with Gasteiger partial charge in [-0.05, 0) is 86.9 Å². The predicted molar refractivity (Wildman–Crippen MR) is 108 cm³/mol. The quantitative estimate of drug-likeness (QED) is 0.432. The van der Waals surface area contributed by atoms with Crippen molar-refractivity contribution in [3.63, 3.8) is 0 Å². The average molecular weight is 425 g/mol. The van der Waals surface area contributed by atoms with Gasteiger partial charge in [0.1, 0.15) is 0 Å². The summed E-state index contributed by atoms with van der Waals surface area (Å²) in [5, 5.41) is 0. The molecule has 1 aliphatic heterocycles. The maximum Gasteiger partial charge on any atom is 0.189 e. The Labute approximate surface area is 168 Å². The van der Waals surface area contributed by atoms with Gasteiger partial charge in [-0.25, -0.2) is 0 Å². The average Bonchev–Trinajstić information content (AvgIpc) is 3.15. The lowest BCUT2D eigenvalue weighted by molar-refractivity contribution is -0.255. The molecule has 0 aromatic heterocycles. The molecular weight excluding hydrogens is 388 g/mol. The number of halogens is 1. The van der Waals surface area contributed by atoms with Crippen LogP contribution in [0.3, 0.4) is 0 Å². The van der Waals surface area contributed by atoms with Crippen LogP contribution < -0.4 is 0 Å². The van der Waals surface area contributed by atoms with Crippen molar-refractivity contribution in [2.45, 2.75) is 89.2 Å². The number of fused-ring (bicyclic) bond motifs is 6. The van der Waals surface area contributed by atoms with E-state index in [0.717, 1.165) is 42.8 Å². The minimum Gasteiger partial charge on any atom is -0.346 e. The Morgan fingerprint density at radius 2 is 1.62 bits per heavy atom. The molecule has 0 aromatic carbocycles. The van der Waals surface area contributed by atoms with Crippen LogP contribution in [-0.4, -0.2) is 23.3 Å². The zero-order valence-corrected chi connectivity index (χ0v) is 18.7. The highest BCUT2D eigenvalue weighted by molar-refractivity contribution is 9.10. The highest BCUT2D eigenvalue weighted by Crippen LogP contribution is 2.73. The molecule has 0 unspecified atom stereocenters. The van der Waals surface area contributed by atoms with Crippen molar-refractivity contribution in [1.29, 1.82) is 0 Å². The van der Waals surface area contributed by atoms with Gasteiger partial charge in [0.2, 0.25) is 0 Å². The highest BCUT2D eigenvalue weighted by atomic mass is 79.9. The van der Waals surface area contributed by atoms with Crippen molar-refractivity contribution in [2.75, 3.05) is 13.2 Å². The van der Waals surface area contributed by atoms with Gasteiger partial charge in [0.25, 0.3) is 0 Å². The molecule has 1 heterocycles. The smallest absolute Gasteiger partial charge is 0.189 e. The summed E-state index contributed by atoms with van der Waals surface area (Å²) < 4.78 is 12.8. The summed E-state index contributed by atoms with van der Waals surface area (Å²) in [7, 11) is 0. The van der Waals surface area contributed by atoms with E-state index < -0.39 is 5.79 Å². The lowest BCUT2D eigenvalue weighted by Gasteiger charge is -2.61. The summed E-state index contributed by atoms with van der Waals surface area (Å²) >= 11 is 4.11. The van der Waals surface area contributed by atoms with Crippen LogP contribution in [0.5, 0.6) is 0 Å². The van der Waals surface area contributed by atoms with Crippen LogP contribution in [0.25, 0.3) is 0 Å². The van der Waals surface area contributed by atoms with E-state index in [4.69, 9.17) is 9.47 Å². The second-order valence-electron chi connectivity index (χ2n) is 11.2. The van der Waals surface area contributed by atoms with E-state index in [1.807, 2.05) is 0 Å². The normalized spacial score (nSPS) is 58.3. The molecule has 26 heavy (non-hydrogen) atoms. The Hall–Kier alpha value is 0.400. The molecule has 5 aliphatic rings. The van der Waals surface area contributed by atoms with Gasteiger partial charge in [-0.3, -0.25) is 0 Å². The molecule has 4 saturated carbocycles. The molecule has 148 valence electrons. The van der Waals surface area contributed by atoms with Crippen molar-refractivity contribution in [2.24, 2.45) is 40.4 Å². The number of hydrogen-bond acceptors (Lipinski definition) is 2. The number of alkyl halides is 1. The Balaban J connectivity index is 1.50. The van der Waals surface area contributed by atoms with Gasteiger partial charge in [0, 0.05) is 5.41 Å². The monoisotopic (exact) mass is 424 g/mol. The molecule has 0 N–H and O–H groups in total. The first-order valence-electron chi connectivity index (χ1n) is 11.2. The Morgan fingerprint density at radius 1 is 0.885 bits per heavy atom. The zero-order valence-electron chi connectivity index (χ0n) is 17.2. The summed E-state index contributed by atoms with van der Waals surface area (Å²) in [6.45, 7) is 11.5. The van der Waals surface area contributed by atoms with Gasteiger partial charge in [0.15, 0.2) is 5.79 Å². The second kappa shape index (κ2) is 5.72. The predicted octanol–water partition coefficient (Wildman–Crippen LogP) is 6.17. The lowest BCUT2D eigenvalue weighted by atomic mass is 9.44. The molecule has 8 atom stereocenters. The molecule has 3 heteroatoms. The lowest BCUT2D eigenvalue weighted by Crippen LogP contribution is -2.59. The molecule has 4 aliphatic carbocycles. The number of ether oxygens (including phenoxy) is 2. The first-order chi connectivity index (χ1) is 12.2. The maximum atomic E-state index is 6.45. The summed E-state index contributed by atoms with van der Waals surface area (Å²) in [5.74, 6) is 4.04. The van der Waals surface area contributed by atoms with Crippen LogP contribution in [-0.2, 0) is 9.47 Å². The minimum atomic E-state index is -0.408. The summed E-state index contributed by atoms with van der Waals surface area (Å²) in [4.78, 5) is 0. The van der Waals surface area contributed by atoms with Crippen LogP contribution in [0.1, 0.15) is 79.1 Å². The fourth-order valence-electron chi connectivity index (χ4n) is 8.76. The fraction of sp³-hybridized carbons (Fsp3) is 1.00. The van der Waals surface area contributed by atoms with Crippen molar-refractivity contribution in [1.82, 2.24) is 0 Å². The zero-order chi connectivity index (χ0) is 18.4. The van der Waals surface area contributed by atoms with Gasteiger partial charge in [-0.1, -0.05) is 43.1 Å². The Bertz CT molecular complexity index is 583. The van der Waals surface area contributed by atoms with Crippen molar-refractivity contribution in [3.8, 4) is 0 Å². The molecule has 2 nitrogen and oxygen atoms in total. The second-order valence-corrected chi connectivity index (χ2v) is 13.0. The van der Waals surface area contributed by atoms with E-state index in [1.165, 1.54) is 51.4 Å². The van der Waals surface area contributed by atoms with Crippen LogP contribution >= 0.6 is 15.9 Å². The summed E-state index contributed by atoms with van der Waals surface area (Å²) in [6.07, 6.45) is 11.2. The van der Waals surface area contributed by atoms with Crippen LogP contribution in [0.15, 0.2) is 0 Å². The summed E-state index contributed by atoms with van der Waals surface area (Å²) in [5.41, 5.74) is 0.751. The Kier molecular flexibility index (Phi) is 4.06. The minimum absolute atomic E-state index is 0.0519. The standard InChI is InChI=1S/C23H37BrO2/c1-15-7-9-20(2)16(13-15)5-6-17-18(20)8-10-21(3)19(17)14-22(4,24)23(21)25-11-12-26-23/h15-19H,5-14H2,1-4H3/t15-,16-,17+,18-,19-,20-,21-,22+/m1/s1. The number of rotatable bonds is 0. The maximum absolute atomic E-state index is 6.45. The fourth-order valence-corrected chi connectivity index (χ4v) is 9.79. The van der Waals surface area contributed by atoms with E-state index in [9.17, 15) is 0 Å². The van der Waals surface area contributed by atoms with Gasteiger partial charge in [0.05, 0.1) is 17.5 Å². The molecule has 0 bridgehead atoms. The third kappa shape index (κ3) is 2.12. The van der Waals surface area contributed by atoms with Gasteiger partial charge < -0.3 is 9.47 Å². The molecule has 0 amide bonds. The molecule has 5 fully saturated rings. The van der Waals surface area contributed by atoms with Gasteiger partial charge >= 0.3 is 0 Å². The summed E-state index contributed by atoms with van der Waals surface area (Å²) in [6, 6.07) is 0. The van der Waals surface area contributed by atoms with Crippen LogP contribution in [0.4, 0.5) is 0 Å². The van der Waals surface area contributed by atoms with Crippen molar-refractivity contribution < 1.29 is 9.47 Å². The topological polar surface area (TPSA) is 18.5 Å². The Morgan fingerprint density at radius 3 is 2.35 bits per heavy atom. The molecular formula is C23H37BrO2. The molecule has 5 rings (SSSR count). The SMILES string of the molecule is C[C@@H]1CC[C@]2(C)[C@H](CC[C@H]3[C@H]2CC[C@]2(C)[C@@H]3C[C@](C)(Br)C23OCCO3)C1. The van der Waals surface area contributed by atoms with E-state index in [2.05, 4.69) is 43.6 Å². The van der Waals surface area contributed by atoms with Crippen molar-refractivity contribution >= 4 is 15.9 Å². The van der Waals surface area contributed by atoms with Crippen molar-refractivity contribution in [3.05, 3.63) is 0 Å². The highest BCUT2D eigenvalue weighted by Gasteiger charge is 2.74. The third-order valence-electron chi connectivity index (χ3n) is 10.1. The van der Waals surface area contributed by atoms with Gasteiger partial charge in [-0.2, -0.15) is 0 Å². The number of hydrogen-bond donors (Lipinski definition) is 0. The van der Waals surface area contributed by atoms with E-state index in [-0.39, 0.29) is 9.74 Å². The molecule has 0 radical (unpaired) electrons. The van der Waals surface area contributed by atoms with Gasteiger partial charge in [-0.15, -0.1) is 0 Å². The third-order valence-corrected chi connectivity index (χ3v) is 10.9. The van der Waals surface area contributed by atoms with Crippen LogP contribution in [0, 0.1) is 40.4 Å². The molecule has 1 saturated heterocycles. The molecule has 1 spiro atoms. The van der Waals surface area contributed by atoms with E-state index >= 15 is 0 Å².